The number of nitrogens with one attached hydrogen (secondary N) is 1. The lowest BCUT2D eigenvalue weighted by atomic mass is 10.3. The molecule has 1 rings (SSSR count). The van der Waals surface area contributed by atoms with E-state index in [0.717, 1.165) is 31.1 Å². The van der Waals surface area contributed by atoms with Gasteiger partial charge in [-0.05, 0) is 13.0 Å². The zero-order chi connectivity index (χ0) is 11.1. The molecule has 0 saturated carbocycles. The molecule has 0 aromatic carbocycles. The summed E-state index contributed by atoms with van der Waals surface area (Å²) in [5.41, 5.74) is 2.12. The Bertz CT molecular complexity index is 291. The van der Waals surface area contributed by atoms with E-state index in [-0.39, 0.29) is 0 Å². The molecule has 4 heteroatoms. The SMILES string of the molecule is CCOCCN(C)c1cncc(NC)c1. The van der Waals surface area contributed by atoms with E-state index in [1.807, 2.05) is 27.2 Å². The van der Waals surface area contributed by atoms with Crippen LogP contribution in [0.25, 0.3) is 0 Å². The molecule has 0 bridgehead atoms. The molecule has 0 atom stereocenters. The van der Waals surface area contributed by atoms with Crippen molar-refractivity contribution in [2.45, 2.75) is 6.92 Å². The minimum atomic E-state index is 0.747. The topological polar surface area (TPSA) is 37.4 Å². The van der Waals surface area contributed by atoms with Gasteiger partial charge in [-0.1, -0.05) is 0 Å². The highest BCUT2D eigenvalue weighted by molar-refractivity contribution is 5.54. The van der Waals surface area contributed by atoms with Crippen LogP contribution >= 0.6 is 0 Å². The van der Waals surface area contributed by atoms with Gasteiger partial charge >= 0.3 is 0 Å². The molecule has 0 aliphatic heterocycles. The summed E-state index contributed by atoms with van der Waals surface area (Å²) in [5.74, 6) is 0. The second-order valence-electron chi connectivity index (χ2n) is 3.30. The second kappa shape index (κ2) is 6.24. The number of aromatic nitrogens is 1. The van der Waals surface area contributed by atoms with Gasteiger partial charge in [0.2, 0.25) is 0 Å². The van der Waals surface area contributed by atoms with Crippen LogP contribution in [0.5, 0.6) is 0 Å². The Hall–Kier alpha value is -1.29. The van der Waals surface area contributed by atoms with Gasteiger partial charge in [0, 0.05) is 27.2 Å². The number of hydrogen-bond acceptors (Lipinski definition) is 4. The summed E-state index contributed by atoms with van der Waals surface area (Å²) < 4.78 is 5.30. The van der Waals surface area contributed by atoms with Gasteiger partial charge in [0.15, 0.2) is 0 Å². The Balaban J connectivity index is 2.52. The maximum atomic E-state index is 5.30. The second-order valence-corrected chi connectivity index (χ2v) is 3.30. The molecule has 84 valence electrons. The van der Waals surface area contributed by atoms with Crippen molar-refractivity contribution in [1.82, 2.24) is 4.98 Å². The molecular weight excluding hydrogens is 190 g/mol. The minimum Gasteiger partial charge on any atom is -0.387 e. The summed E-state index contributed by atoms with van der Waals surface area (Å²) in [6.45, 7) is 4.39. The number of anilines is 2. The van der Waals surface area contributed by atoms with Crippen LogP contribution in [-0.4, -0.2) is 38.8 Å². The van der Waals surface area contributed by atoms with Gasteiger partial charge in [-0.15, -0.1) is 0 Å². The van der Waals surface area contributed by atoms with E-state index in [1.54, 1.807) is 6.20 Å². The van der Waals surface area contributed by atoms with E-state index in [9.17, 15) is 0 Å². The lowest BCUT2D eigenvalue weighted by Gasteiger charge is -2.19. The van der Waals surface area contributed by atoms with Crippen molar-refractivity contribution < 1.29 is 4.74 Å². The van der Waals surface area contributed by atoms with E-state index < -0.39 is 0 Å². The number of hydrogen-bond donors (Lipinski definition) is 1. The molecule has 4 nitrogen and oxygen atoms in total. The predicted octanol–water partition coefficient (Wildman–Crippen LogP) is 1.60. The third-order valence-corrected chi connectivity index (χ3v) is 2.23. The molecule has 1 aromatic rings. The lowest BCUT2D eigenvalue weighted by molar-refractivity contribution is 0.154. The maximum Gasteiger partial charge on any atom is 0.0641 e. The highest BCUT2D eigenvalue weighted by Gasteiger charge is 2.01. The first kappa shape index (κ1) is 11.8. The fourth-order valence-corrected chi connectivity index (χ4v) is 1.25. The lowest BCUT2D eigenvalue weighted by Crippen LogP contribution is -2.22. The van der Waals surface area contributed by atoms with Crippen LogP contribution < -0.4 is 10.2 Å². The van der Waals surface area contributed by atoms with E-state index in [4.69, 9.17) is 4.74 Å². The molecular formula is C11H19N3O. The number of nitrogens with zero attached hydrogens (tertiary/aromatic N) is 2. The highest BCUT2D eigenvalue weighted by Crippen LogP contribution is 2.15. The molecule has 0 unspecified atom stereocenters. The Morgan fingerprint density at radius 3 is 2.93 bits per heavy atom. The smallest absolute Gasteiger partial charge is 0.0641 e. The quantitative estimate of drug-likeness (QED) is 0.722. The number of rotatable bonds is 6. The summed E-state index contributed by atoms with van der Waals surface area (Å²) in [4.78, 5) is 6.29. The van der Waals surface area contributed by atoms with E-state index in [0.29, 0.717) is 0 Å². The average molecular weight is 209 g/mol. The maximum absolute atomic E-state index is 5.30. The Morgan fingerprint density at radius 1 is 1.47 bits per heavy atom. The van der Waals surface area contributed by atoms with E-state index >= 15 is 0 Å². The van der Waals surface area contributed by atoms with E-state index in [2.05, 4.69) is 21.3 Å². The molecule has 0 fully saturated rings. The molecule has 1 heterocycles. The van der Waals surface area contributed by atoms with Crippen molar-refractivity contribution in [3.8, 4) is 0 Å². The molecule has 0 aliphatic rings. The van der Waals surface area contributed by atoms with Gasteiger partial charge in [0.1, 0.15) is 0 Å². The largest absolute Gasteiger partial charge is 0.387 e. The van der Waals surface area contributed by atoms with Crippen molar-refractivity contribution in [3.63, 3.8) is 0 Å². The summed E-state index contributed by atoms with van der Waals surface area (Å²) >= 11 is 0. The van der Waals surface area contributed by atoms with Crippen LogP contribution in [0.4, 0.5) is 11.4 Å². The van der Waals surface area contributed by atoms with Gasteiger partial charge in [0.25, 0.3) is 0 Å². The first-order valence-electron chi connectivity index (χ1n) is 5.19. The van der Waals surface area contributed by atoms with Crippen molar-refractivity contribution in [2.24, 2.45) is 0 Å². The van der Waals surface area contributed by atoms with Gasteiger partial charge < -0.3 is 15.0 Å². The Kier molecular flexibility index (Phi) is 4.90. The standard InChI is InChI=1S/C11H19N3O/c1-4-15-6-5-14(3)11-7-10(12-2)8-13-9-11/h7-9,12H,4-6H2,1-3H3. The van der Waals surface area contributed by atoms with Gasteiger partial charge in [-0.25, -0.2) is 0 Å². The molecule has 0 spiro atoms. The van der Waals surface area contributed by atoms with Crippen LogP contribution in [0, 0.1) is 0 Å². The zero-order valence-corrected chi connectivity index (χ0v) is 9.66. The van der Waals surface area contributed by atoms with Crippen LogP contribution in [0.15, 0.2) is 18.5 Å². The number of likely N-dealkylation sites (N-methyl/N-ethyl adjacent to an activating group) is 1. The Labute approximate surface area is 91.3 Å². The molecule has 1 N–H and O–H groups in total. The predicted molar refractivity (Wildman–Crippen MR) is 63.5 cm³/mol. The molecule has 0 saturated heterocycles. The molecule has 0 radical (unpaired) electrons. The third kappa shape index (κ3) is 3.75. The van der Waals surface area contributed by atoms with E-state index in [1.165, 1.54) is 0 Å². The van der Waals surface area contributed by atoms with Crippen molar-refractivity contribution in [2.75, 3.05) is 44.1 Å². The average Bonchev–Trinajstić information content (AvgIpc) is 2.29. The van der Waals surface area contributed by atoms with Crippen LogP contribution in [-0.2, 0) is 4.74 Å². The van der Waals surface area contributed by atoms with Gasteiger partial charge in [0.05, 0.1) is 30.4 Å². The number of pyridine rings is 1. The summed E-state index contributed by atoms with van der Waals surface area (Å²) in [5, 5.41) is 3.07. The van der Waals surface area contributed by atoms with Crippen molar-refractivity contribution in [3.05, 3.63) is 18.5 Å². The van der Waals surface area contributed by atoms with Crippen LogP contribution in [0.2, 0.25) is 0 Å². The minimum absolute atomic E-state index is 0.747. The Morgan fingerprint density at radius 2 is 2.27 bits per heavy atom. The fourth-order valence-electron chi connectivity index (χ4n) is 1.25. The van der Waals surface area contributed by atoms with Crippen LogP contribution in [0.1, 0.15) is 6.92 Å². The fraction of sp³-hybridized carbons (Fsp3) is 0.545. The van der Waals surface area contributed by atoms with Gasteiger partial charge in [-0.2, -0.15) is 0 Å². The molecule has 0 aliphatic carbocycles. The van der Waals surface area contributed by atoms with Crippen molar-refractivity contribution >= 4 is 11.4 Å². The zero-order valence-electron chi connectivity index (χ0n) is 9.66. The monoisotopic (exact) mass is 209 g/mol. The van der Waals surface area contributed by atoms with Crippen molar-refractivity contribution in [1.29, 1.82) is 0 Å². The molecule has 0 amide bonds. The van der Waals surface area contributed by atoms with Crippen LogP contribution in [0.3, 0.4) is 0 Å². The normalized spacial score (nSPS) is 10.1. The third-order valence-electron chi connectivity index (χ3n) is 2.23. The highest BCUT2D eigenvalue weighted by atomic mass is 16.5. The summed E-state index contributed by atoms with van der Waals surface area (Å²) in [6.07, 6.45) is 3.66. The van der Waals surface area contributed by atoms with Gasteiger partial charge in [-0.3, -0.25) is 4.98 Å². The first-order valence-corrected chi connectivity index (χ1v) is 5.19. The molecule has 1 aromatic heterocycles. The summed E-state index contributed by atoms with van der Waals surface area (Å²) in [6, 6.07) is 2.07. The molecule has 15 heavy (non-hydrogen) atoms. The first-order chi connectivity index (χ1) is 7.27. The number of ether oxygens (including phenoxy) is 1. The summed E-state index contributed by atoms with van der Waals surface area (Å²) in [7, 11) is 3.93.